The lowest BCUT2D eigenvalue weighted by atomic mass is 10.00. The van der Waals surface area contributed by atoms with Gasteiger partial charge in [0, 0.05) is 25.9 Å². The highest BCUT2D eigenvalue weighted by Crippen LogP contribution is 2.17. The van der Waals surface area contributed by atoms with Gasteiger partial charge in [-0.3, -0.25) is 4.79 Å². The second-order valence-electron chi connectivity index (χ2n) is 5.79. The van der Waals surface area contributed by atoms with Crippen molar-refractivity contribution in [3.8, 4) is 0 Å². The van der Waals surface area contributed by atoms with Crippen LogP contribution in [0.15, 0.2) is 24.3 Å². The average molecular weight is 271 g/mol. The molecule has 1 fully saturated rings. The Hall–Kier alpha value is -1.84. The molecule has 2 heterocycles. The van der Waals surface area contributed by atoms with Crippen molar-refractivity contribution < 1.29 is 4.79 Å². The van der Waals surface area contributed by atoms with Crippen LogP contribution in [0.1, 0.15) is 32.0 Å². The van der Waals surface area contributed by atoms with E-state index in [4.69, 9.17) is 0 Å². The zero-order valence-corrected chi connectivity index (χ0v) is 11.9. The standard InChI is InChI=1S/C16H21N3O/c1-12-5-4-10-19(11-12)16(20)9-8-15-17-13-6-2-3-7-14(13)18-15/h2-3,6-7,12H,4-5,8-11H2,1H3,(H,17,18). The molecule has 1 aromatic heterocycles. The predicted molar refractivity (Wildman–Crippen MR) is 79.4 cm³/mol. The number of H-pyrrole nitrogens is 1. The maximum atomic E-state index is 12.2. The SMILES string of the molecule is CC1CCCN(C(=O)CCc2nc3ccccc3[nH]2)C1. The molecule has 106 valence electrons. The highest BCUT2D eigenvalue weighted by Gasteiger charge is 2.20. The molecule has 20 heavy (non-hydrogen) atoms. The molecule has 0 radical (unpaired) electrons. The van der Waals surface area contributed by atoms with Crippen molar-refractivity contribution in [1.29, 1.82) is 0 Å². The van der Waals surface area contributed by atoms with E-state index < -0.39 is 0 Å². The normalized spacial score (nSPS) is 19.4. The number of piperidine rings is 1. The quantitative estimate of drug-likeness (QED) is 0.933. The number of imidazole rings is 1. The molecular weight excluding hydrogens is 250 g/mol. The van der Waals surface area contributed by atoms with Gasteiger partial charge in [-0.05, 0) is 30.9 Å². The largest absolute Gasteiger partial charge is 0.342 e. The van der Waals surface area contributed by atoms with Crippen molar-refractivity contribution in [3.63, 3.8) is 0 Å². The van der Waals surface area contributed by atoms with Crippen molar-refractivity contribution in [3.05, 3.63) is 30.1 Å². The summed E-state index contributed by atoms with van der Waals surface area (Å²) in [6.07, 6.45) is 3.62. The molecule has 0 saturated carbocycles. The first-order valence-electron chi connectivity index (χ1n) is 7.44. The average Bonchev–Trinajstić information content (AvgIpc) is 2.87. The number of hydrogen-bond acceptors (Lipinski definition) is 2. The Labute approximate surface area is 119 Å². The molecule has 0 spiro atoms. The number of aryl methyl sites for hydroxylation is 1. The predicted octanol–water partition coefficient (Wildman–Crippen LogP) is 2.75. The summed E-state index contributed by atoms with van der Waals surface area (Å²) in [6, 6.07) is 7.97. The molecule has 4 heteroatoms. The Morgan fingerprint density at radius 2 is 2.30 bits per heavy atom. The van der Waals surface area contributed by atoms with Crippen LogP contribution in [0.3, 0.4) is 0 Å². The fourth-order valence-corrected chi connectivity index (χ4v) is 2.92. The van der Waals surface area contributed by atoms with Gasteiger partial charge in [-0.2, -0.15) is 0 Å². The summed E-state index contributed by atoms with van der Waals surface area (Å²) in [6.45, 7) is 4.06. The number of aromatic amines is 1. The fourth-order valence-electron chi connectivity index (χ4n) is 2.92. The monoisotopic (exact) mass is 271 g/mol. The number of para-hydroxylation sites is 2. The van der Waals surface area contributed by atoms with Gasteiger partial charge in [-0.1, -0.05) is 19.1 Å². The third-order valence-corrected chi connectivity index (χ3v) is 4.02. The van der Waals surface area contributed by atoms with Crippen LogP contribution in [-0.4, -0.2) is 33.9 Å². The Morgan fingerprint density at radius 1 is 1.45 bits per heavy atom. The molecule has 4 nitrogen and oxygen atoms in total. The number of fused-ring (bicyclic) bond motifs is 1. The van der Waals surface area contributed by atoms with Crippen LogP contribution in [-0.2, 0) is 11.2 Å². The molecule has 1 saturated heterocycles. The first-order valence-corrected chi connectivity index (χ1v) is 7.44. The highest BCUT2D eigenvalue weighted by atomic mass is 16.2. The summed E-state index contributed by atoms with van der Waals surface area (Å²) in [7, 11) is 0. The summed E-state index contributed by atoms with van der Waals surface area (Å²) < 4.78 is 0. The van der Waals surface area contributed by atoms with Gasteiger partial charge in [0.1, 0.15) is 5.82 Å². The molecule has 0 bridgehead atoms. The van der Waals surface area contributed by atoms with E-state index in [1.807, 2.05) is 29.2 Å². The summed E-state index contributed by atoms with van der Waals surface area (Å²) >= 11 is 0. The van der Waals surface area contributed by atoms with Crippen molar-refractivity contribution >= 4 is 16.9 Å². The lowest BCUT2D eigenvalue weighted by molar-refractivity contribution is -0.132. The van der Waals surface area contributed by atoms with Crippen LogP contribution < -0.4 is 0 Å². The van der Waals surface area contributed by atoms with E-state index in [2.05, 4.69) is 16.9 Å². The van der Waals surface area contributed by atoms with E-state index in [0.29, 0.717) is 18.8 Å². The molecule has 1 aliphatic rings. The molecule has 0 aliphatic carbocycles. The molecule has 1 amide bonds. The first-order chi connectivity index (χ1) is 9.72. The Kier molecular flexibility index (Phi) is 3.72. The van der Waals surface area contributed by atoms with Gasteiger partial charge < -0.3 is 9.88 Å². The van der Waals surface area contributed by atoms with Gasteiger partial charge in [0.15, 0.2) is 0 Å². The third kappa shape index (κ3) is 2.84. The lowest BCUT2D eigenvalue weighted by Crippen LogP contribution is -2.39. The summed E-state index contributed by atoms with van der Waals surface area (Å²) in [4.78, 5) is 22.0. The van der Waals surface area contributed by atoms with E-state index >= 15 is 0 Å². The highest BCUT2D eigenvalue weighted by molar-refractivity contribution is 5.77. The van der Waals surface area contributed by atoms with Crippen molar-refractivity contribution in [2.75, 3.05) is 13.1 Å². The number of rotatable bonds is 3. The maximum absolute atomic E-state index is 12.2. The van der Waals surface area contributed by atoms with Gasteiger partial charge in [0.05, 0.1) is 11.0 Å². The molecule has 3 rings (SSSR count). The number of hydrogen-bond donors (Lipinski definition) is 1. The second-order valence-corrected chi connectivity index (χ2v) is 5.79. The molecule has 1 unspecified atom stereocenters. The van der Waals surface area contributed by atoms with Gasteiger partial charge in [-0.25, -0.2) is 4.98 Å². The number of carbonyl (C=O) groups is 1. The second kappa shape index (κ2) is 5.65. The summed E-state index contributed by atoms with van der Waals surface area (Å²) in [5, 5.41) is 0. The number of nitrogens with zero attached hydrogens (tertiary/aromatic N) is 2. The smallest absolute Gasteiger partial charge is 0.223 e. The Bertz CT molecular complexity index is 572. The van der Waals surface area contributed by atoms with E-state index in [9.17, 15) is 4.79 Å². The van der Waals surface area contributed by atoms with E-state index in [1.54, 1.807) is 0 Å². The van der Waals surface area contributed by atoms with E-state index in [-0.39, 0.29) is 5.91 Å². The Morgan fingerprint density at radius 3 is 3.10 bits per heavy atom. The van der Waals surface area contributed by atoms with Crippen LogP contribution in [0.25, 0.3) is 11.0 Å². The molecule has 1 N–H and O–H groups in total. The van der Waals surface area contributed by atoms with Gasteiger partial charge >= 0.3 is 0 Å². The first kappa shape index (κ1) is 13.2. The molecule has 2 aromatic rings. The lowest BCUT2D eigenvalue weighted by Gasteiger charge is -2.30. The van der Waals surface area contributed by atoms with E-state index in [0.717, 1.165) is 36.4 Å². The van der Waals surface area contributed by atoms with Crippen LogP contribution in [0.2, 0.25) is 0 Å². The third-order valence-electron chi connectivity index (χ3n) is 4.02. The number of likely N-dealkylation sites (tertiary alicyclic amines) is 1. The van der Waals surface area contributed by atoms with Crippen LogP contribution in [0.5, 0.6) is 0 Å². The molecule has 1 atom stereocenters. The zero-order valence-electron chi connectivity index (χ0n) is 11.9. The van der Waals surface area contributed by atoms with Crippen LogP contribution in [0, 0.1) is 5.92 Å². The minimum absolute atomic E-state index is 0.261. The van der Waals surface area contributed by atoms with Crippen LogP contribution >= 0.6 is 0 Å². The van der Waals surface area contributed by atoms with Crippen molar-refractivity contribution in [1.82, 2.24) is 14.9 Å². The summed E-state index contributed by atoms with van der Waals surface area (Å²) in [5.41, 5.74) is 2.02. The van der Waals surface area contributed by atoms with Gasteiger partial charge in [0.2, 0.25) is 5.91 Å². The number of carbonyl (C=O) groups excluding carboxylic acids is 1. The van der Waals surface area contributed by atoms with Gasteiger partial charge in [0.25, 0.3) is 0 Å². The zero-order chi connectivity index (χ0) is 13.9. The van der Waals surface area contributed by atoms with Gasteiger partial charge in [-0.15, -0.1) is 0 Å². The number of nitrogens with one attached hydrogen (secondary N) is 1. The number of aromatic nitrogens is 2. The maximum Gasteiger partial charge on any atom is 0.223 e. The fraction of sp³-hybridized carbons (Fsp3) is 0.500. The Balaban J connectivity index is 1.59. The van der Waals surface area contributed by atoms with Crippen molar-refractivity contribution in [2.24, 2.45) is 5.92 Å². The van der Waals surface area contributed by atoms with E-state index in [1.165, 1.54) is 6.42 Å². The topological polar surface area (TPSA) is 49.0 Å². The minimum atomic E-state index is 0.261. The summed E-state index contributed by atoms with van der Waals surface area (Å²) in [5.74, 6) is 1.81. The molecule has 1 aromatic carbocycles. The molecular formula is C16H21N3O. The number of amides is 1. The van der Waals surface area contributed by atoms with Crippen molar-refractivity contribution in [2.45, 2.75) is 32.6 Å². The minimum Gasteiger partial charge on any atom is -0.342 e. The van der Waals surface area contributed by atoms with Crippen LogP contribution in [0.4, 0.5) is 0 Å². The molecule has 1 aliphatic heterocycles. The number of benzene rings is 1.